The molecule has 5 nitrogen and oxygen atoms in total. The Morgan fingerprint density at radius 2 is 1.74 bits per heavy atom. The SMILES string of the molecule is NC(=O)CN(C(=O)C1CCCC(N)C1)C1CCCC1. The van der Waals surface area contributed by atoms with Crippen molar-refractivity contribution in [3.05, 3.63) is 0 Å². The summed E-state index contributed by atoms with van der Waals surface area (Å²) in [5.74, 6) is -0.329. The number of primary amides is 1. The summed E-state index contributed by atoms with van der Waals surface area (Å²) in [5, 5.41) is 0. The molecular weight excluding hydrogens is 242 g/mol. The second-order valence-electron chi connectivity index (χ2n) is 5.99. The van der Waals surface area contributed by atoms with Crippen LogP contribution in [-0.2, 0) is 9.59 Å². The zero-order valence-corrected chi connectivity index (χ0v) is 11.5. The van der Waals surface area contributed by atoms with Gasteiger partial charge >= 0.3 is 0 Å². The average Bonchev–Trinajstić information content (AvgIpc) is 2.88. The molecular formula is C14H25N3O2. The Kier molecular flexibility index (Phi) is 4.80. The third-order valence-electron chi connectivity index (χ3n) is 4.44. The fourth-order valence-electron chi connectivity index (χ4n) is 3.46. The van der Waals surface area contributed by atoms with E-state index < -0.39 is 5.91 Å². The predicted molar refractivity (Wildman–Crippen MR) is 73.1 cm³/mol. The molecule has 0 aromatic heterocycles. The van der Waals surface area contributed by atoms with Gasteiger partial charge in [-0.1, -0.05) is 19.3 Å². The zero-order valence-electron chi connectivity index (χ0n) is 11.5. The summed E-state index contributed by atoms with van der Waals surface area (Å²) in [6.45, 7) is 0.0647. The number of carbonyl (C=O) groups excluding carboxylic acids is 2. The first-order valence-corrected chi connectivity index (χ1v) is 7.42. The molecule has 0 aliphatic heterocycles. The van der Waals surface area contributed by atoms with Crippen LogP contribution in [0.1, 0.15) is 51.4 Å². The van der Waals surface area contributed by atoms with E-state index in [2.05, 4.69) is 0 Å². The highest BCUT2D eigenvalue weighted by Crippen LogP contribution is 2.29. The molecule has 4 N–H and O–H groups in total. The van der Waals surface area contributed by atoms with E-state index in [1.807, 2.05) is 0 Å². The zero-order chi connectivity index (χ0) is 13.8. The highest BCUT2D eigenvalue weighted by Gasteiger charge is 2.34. The van der Waals surface area contributed by atoms with Crippen LogP contribution in [0.2, 0.25) is 0 Å². The van der Waals surface area contributed by atoms with E-state index in [4.69, 9.17) is 11.5 Å². The second kappa shape index (κ2) is 6.37. The van der Waals surface area contributed by atoms with E-state index in [0.717, 1.165) is 51.4 Å². The third kappa shape index (κ3) is 3.69. The molecule has 2 unspecified atom stereocenters. The maximum atomic E-state index is 12.6. The minimum Gasteiger partial charge on any atom is -0.368 e. The molecule has 0 bridgehead atoms. The van der Waals surface area contributed by atoms with Crippen molar-refractivity contribution < 1.29 is 9.59 Å². The lowest BCUT2D eigenvalue weighted by atomic mass is 9.85. The van der Waals surface area contributed by atoms with Gasteiger partial charge in [-0.05, 0) is 32.1 Å². The monoisotopic (exact) mass is 267 g/mol. The summed E-state index contributed by atoms with van der Waals surface area (Å²) < 4.78 is 0. The first-order chi connectivity index (χ1) is 9.08. The first-order valence-electron chi connectivity index (χ1n) is 7.42. The Morgan fingerprint density at radius 1 is 1.05 bits per heavy atom. The van der Waals surface area contributed by atoms with Crippen molar-refractivity contribution in [3.8, 4) is 0 Å². The Bertz CT molecular complexity index is 340. The fraction of sp³-hybridized carbons (Fsp3) is 0.857. The molecule has 19 heavy (non-hydrogen) atoms. The van der Waals surface area contributed by atoms with E-state index in [9.17, 15) is 9.59 Å². The van der Waals surface area contributed by atoms with Gasteiger partial charge in [-0.15, -0.1) is 0 Å². The maximum Gasteiger partial charge on any atom is 0.237 e. The van der Waals surface area contributed by atoms with Crippen molar-refractivity contribution in [2.75, 3.05) is 6.54 Å². The molecule has 2 rings (SSSR count). The van der Waals surface area contributed by atoms with E-state index in [0.29, 0.717) is 0 Å². The summed E-state index contributed by atoms with van der Waals surface area (Å²) in [6.07, 6.45) is 7.93. The number of carbonyl (C=O) groups is 2. The number of amides is 2. The Balaban J connectivity index is 2.03. The summed E-state index contributed by atoms with van der Waals surface area (Å²) in [4.78, 5) is 25.6. The average molecular weight is 267 g/mol. The van der Waals surface area contributed by atoms with Crippen molar-refractivity contribution in [2.24, 2.45) is 17.4 Å². The molecule has 0 radical (unpaired) electrons. The van der Waals surface area contributed by atoms with Gasteiger partial charge in [0, 0.05) is 18.0 Å². The molecule has 5 heteroatoms. The lowest BCUT2D eigenvalue weighted by Crippen LogP contribution is -2.48. The number of nitrogens with two attached hydrogens (primary N) is 2. The van der Waals surface area contributed by atoms with Crippen molar-refractivity contribution in [2.45, 2.75) is 63.5 Å². The number of hydrogen-bond donors (Lipinski definition) is 2. The van der Waals surface area contributed by atoms with Gasteiger partial charge in [0.25, 0.3) is 0 Å². The molecule has 2 aliphatic rings. The van der Waals surface area contributed by atoms with Crippen LogP contribution in [0.5, 0.6) is 0 Å². The Labute approximate surface area is 114 Å². The van der Waals surface area contributed by atoms with Crippen LogP contribution in [0.4, 0.5) is 0 Å². The number of nitrogens with zero attached hydrogens (tertiary/aromatic N) is 1. The van der Waals surface area contributed by atoms with Gasteiger partial charge in [0.1, 0.15) is 0 Å². The van der Waals surface area contributed by atoms with Crippen molar-refractivity contribution >= 4 is 11.8 Å². The molecule has 0 aromatic carbocycles. The lowest BCUT2D eigenvalue weighted by Gasteiger charge is -2.34. The van der Waals surface area contributed by atoms with Crippen molar-refractivity contribution in [3.63, 3.8) is 0 Å². The summed E-state index contributed by atoms with van der Waals surface area (Å²) in [6, 6.07) is 0.333. The van der Waals surface area contributed by atoms with Crippen molar-refractivity contribution in [1.82, 2.24) is 4.90 Å². The second-order valence-corrected chi connectivity index (χ2v) is 5.99. The van der Waals surface area contributed by atoms with E-state index >= 15 is 0 Å². The Hall–Kier alpha value is -1.10. The lowest BCUT2D eigenvalue weighted by molar-refractivity contribution is -0.142. The molecule has 2 amide bonds. The van der Waals surface area contributed by atoms with E-state index in [1.54, 1.807) is 4.90 Å². The highest BCUT2D eigenvalue weighted by molar-refractivity contribution is 5.85. The molecule has 2 saturated carbocycles. The maximum absolute atomic E-state index is 12.6. The van der Waals surface area contributed by atoms with Gasteiger partial charge in [0.15, 0.2) is 0 Å². The largest absolute Gasteiger partial charge is 0.368 e. The van der Waals surface area contributed by atoms with Gasteiger partial charge < -0.3 is 16.4 Å². The number of hydrogen-bond acceptors (Lipinski definition) is 3. The van der Waals surface area contributed by atoms with Crippen LogP contribution < -0.4 is 11.5 Å². The quantitative estimate of drug-likeness (QED) is 0.788. The van der Waals surface area contributed by atoms with Gasteiger partial charge in [-0.25, -0.2) is 0 Å². The third-order valence-corrected chi connectivity index (χ3v) is 4.44. The molecule has 0 aromatic rings. The standard InChI is InChI=1S/C14H25N3O2/c15-11-5-3-4-10(8-11)14(19)17(9-13(16)18)12-6-1-2-7-12/h10-12H,1-9,15H2,(H2,16,18). The molecule has 0 saturated heterocycles. The molecule has 2 fully saturated rings. The minimum absolute atomic E-state index is 0.0105. The van der Waals surface area contributed by atoms with Crippen LogP contribution >= 0.6 is 0 Å². The van der Waals surface area contributed by atoms with E-state index in [-0.39, 0.29) is 30.5 Å². The highest BCUT2D eigenvalue weighted by atomic mass is 16.2. The minimum atomic E-state index is -0.416. The fourth-order valence-corrected chi connectivity index (χ4v) is 3.46. The molecule has 0 heterocycles. The smallest absolute Gasteiger partial charge is 0.237 e. The topological polar surface area (TPSA) is 89.4 Å². The van der Waals surface area contributed by atoms with Crippen LogP contribution in [0.25, 0.3) is 0 Å². The summed E-state index contributed by atoms with van der Waals surface area (Å²) in [7, 11) is 0. The molecule has 2 aliphatic carbocycles. The van der Waals surface area contributed by atoms with Gasteiger partial charge in [-0.3, -0.25) is 9.59 Å². The van der Waals surface area contributed by atoms with Gasteiger partial charge in [0.2, 0.25) is 11.8 Å². The van der Waals surface area contributed by atoms with Crippen LogP contribution in [0.3, 0.4) is 0 Å². The van der Waals surface area contributed by atoms with E-state index in [1.165, 1.54) is 0 Å². The van der Waals surface area contributed by atoms with Crippen LogP contribution in [-0.4, -0.2) is 35.3 Å². The summed E-state index contributed by atoms with van der Waals surface area (Å²) in [5.41, 5.74) is 11.3. The number of rotatable bonds is 4. The normalized spacial score (nSPS) is 28.3. The first kappa shape index (κ1) is 14.3. The van der Waals surface area contributed by atoms with Gasteiger partial charge in [0.05, 0.1) is 6.54 Å². The molecule has 0 spiro atoms. The van der Waals surface area contributed by atoms with Crippen molar-refractivity contribution in [1.29, 1.82) is 0 Å². The molecule has 2 atom stereocenters. The van der Waals surface area contributed by atoms with Gasteiger partial charge in [-0.2, -0.15) is 0 Å². The summed E-state index contributed by atoms with van der Waals surface area (Å²) >= 11 is 0. The van der Waals surface area contributed by atoms with Crippen LogP contribution in [0, 0.1) is 5.92 Å². The molecule has 108 valence electrons. The predicted octanol–water partition coefficient (Wildman–Crippen LogP) is 0.760. The Morgan fingerprint density at radius 3 is 2.32 bits per heavy atom. The van der Waals surface area contributed by atoms with Crippen LogP contribution in [0.15, 0.2) is 0 Å².